The fourth-order valence-electron chi connectivity index (χ4n) is 3.59. The van der Waals surface area contributed by atoms with Crippen LogP contribution in [0.3, 0.4) is 0 Å². The highest BCUT2D eigenvalue weighted by molar-refractivity contribution is 5.89. The molecule has 3 amide bonds. The molecule has 2 fully saturated rings. The summed E-state index contributed by atoms with van der Waals surface area (Å²) in [4.78, 5) is 37.1. The number of carbonyl (C=O) groups excluding carboxylic acids is 2. The summed E-state index contributed by atoms with van der Waals surface area (Å²) >= 11 is 0. The Morgan fingerprint density at radius 1 is 1.06 bits per heavy atom. The second-order valence-electron chi connectivity index (χ2n) is 8.21. The van der Waals surface area contributed by atoms with E-state index in [4.69, 9.17) is 4.74 Å². The van der Waals surface area contributed by atoms with E-state index in [9.17, 15) is 9.59 Å². The highest BCUT2D eigenvalue weighted by atomic mass is 16.5. The number of anilines is 2. The van der Waals surface area contributed by atoms with Gasteiger partial charge in [0.2, 0.25) is 11.9 Å². The summed E-state index contributed by atoms with van der Waals surface area (Å²) in [5, 5.41) is 5.58. The van der Waals surface area contributed by atoms with Crippen molar-refractivity contribution in [3.63, 3.8) is 0 Å². The molecule has 2 aliphatic rings. The van der Waals surface area contributed by atoms with E-state index in [2.05, 4.69) is 25.5 Å². The number of nitrogens with zero attached hydrogens (tertiary/aromatic N) is 4. The van der Waals surface area contributed by atoms with Gasteiger partial charge in [-0.05, 0) is 42.5 Å². The van der Waals surface area contributed by atoms with Gasteiger partial charge in [-0.15, -0.1) is 0 Å². The lowest BCUT2D eigenvalue weighted by Crippen LogP contribution is -2.49. The topological polar surface area (TPSA) is 99.7 Å². The second kappa shape index (κ2) is 10.9. The number of amides is 3. The van der Waals surface area contributed by atoms with Crippen LogP contribution in [0, 0.1) is 5.92 Å². The molecule has 170 valence electrons. The molecule has 4 rings (SSSR count). The maximum absolute atomic E-state index is 12.5. The number of hydrogen-bond donors (Lipinski definition) is 2. The standard InChI is InChI=1S/C23H30N6O3/c30-21(28-11-13-29(14-12-28)22-24-8-2-9-25-22)7-10-26-23(31)27-20-4-1-3-19(15-20)17-32-16-18-5-6-18/h1-4,8-9,15,18H,5-7,10-14,16-17H2,(H2,26,27,31). The maximum atomic E-state index is 12.5. The van der Waals surface area contributed by atoms with Gasteiger partial charge in [-0.3, -0.25) is 4.79 Å². The SMILES string of the molecule is O=C(NCCC(=O)N1CCN(c2ncccn2)CC1)Nc1cccc(COCC2CC2)c1. The van der Waals surface area contributed by atoms with Gasteiger partial charge >= 0.3 is 6.03 Å². The van der Waals surface area contributed by atoms with Crippen LogP contribution in [-0.4, -0.2) is 66.1 Å². The average Bonchev–Trinajstić information content (AvgIpc) is 3.64. The number of urea groups is 1. The summed E-state index contributed by atoms with van der Waals surface area (Å²) < 4.78 is 5.70. The zero-order valence-corrected chi connectivity index (χ0v) is 18.2. The van der Waals surface area contributed by atoms with Gasteiger partial charge in [0.05, 0.1) is 6.61 Å². The van der Waals surface area contributed by atoms with Crippen molar-refractivity contribution < 1.29 is 14.3 Å². The van der Waals surface area contributed by atoms with E-state index < -0.39 is 0 Å². The van der Waals surface area contributed by atoms with Crippen LogP contribution in [0.15, 0.2) is 42.7 Å². The van der Waals surface area contributed by atoms with Gasteiger partial charge in [-0.25, -0.2) is 14.8 Å². The first kappa shape index (κ1) is 22.0. The van der Waals surface area contributed by atoms with Gasteiger partial charge in [0.25, 0.3) is 0 Å². The number of piperazine rings is 1. The molecule has 32 heavy (non-hydrogen) atoms. The molecule has 1 aromatic carbocycles. The maximum Gasteiger partial charge on any atom is 0.319 e. The Balaban J connectivity index is 1.13. The Hall–Kier alpha value is -3.20. The molecule has 0 radical (unpaired) electrons. The minimum Gasteiger partial charge on any atom is -0.376 e. The summed E-state index contributed by atoms with van der Waals surface area (Å²) in [5.41, 5.74) is 1.74. The minimum atomic E-state index is -0.320. The Morgan fingerprint density at radius 2 is 1.84 bits per heavy atom. The Labute approximate surface area is 188 Å². The van der Waals surface area contributed by atoms with E-state index in [1.165, 1.54) is 12.8 Å². The number of ether oxygens (including phenoxy) is 1. The molecule has 1 aliphatic heterocycles. The summed E-state index contributed by atoms with van der Waals surface area (Å²) in [6.45, 7) is 4.29. The number of hydrogen-bond acceptors (Lipinski definition) is 6. The van der Waals surface area contributed by atoms with Crippen LogP contribution in [0.25, 0.3) is 0 Å². The molecule has 2 heterocycles. The summed E-state index contributed by atoms with van der Waals surface area (Å²) in [6.07, 6.45) is 6.24. The molecule has 1 aromatic heterocycles. The van der Waals surface area contributed by atoms with Crippen molar-refractivity contribution in [3.8, 4) is 0 Å². The van der Waals surface area contributed by atoms with Crippen LogP contribution in [-0.2, 0) is 16.1 Å². The molecule has 0 spiro atoms. The van der Waals surface area contributed by atoms with E-state index in [-0.39, 0.29) is 24.9 Å². The fraction of sp³-hybridized carbons (Fsp3) is 0.478. The molecule has 2 aromatic rings. The lowest BCUT2D eigenvalue weighted by atomic mass is 10.2. The Morgan fingerprint density at radius 3 is 2.59 bits per heavy atom. The Bertz CT molecular complexity index is 898. The molecule has 1 aliphatic carbocycles. The van der Waals surface area contributed by atoms with Crippen molar-refractivity contribution >= 4 is 23.6 Å². The third-order valence-electron chi connectivity index (χ3n) is 5.60. The van der Waals surface area contributed by atoms with E-state index in [1.54, 1.807) is 18.5 Å². The molecule has 9 heteroatoms. The lowest BCUT2D eigenvalue weighted by Gasteiger charge is -2.34. The van der Waals surface area contributed by atoms with Gasteiger partial charge in [-0.1, -0.05) is 12.1 Å². The molecular weight excluding hydrogens is 408 g/mol. The molecule has 9 nitrogen and oxygen atoms in total. The quantitative estimate of drug-likeness (QED) is 0.623. The van der Waals surface area contributed by atoms with Crippen molar-refractivity contribution in [1.29, 1.82) is 0 Å². The predicted octanol–water partition coefficient (Wildman–Crippen LogP) is 2.26. The molecule has 0 atom stereocenters. The van der Waals surface area contributed by atoms with Crippen molar-refractivity contribution in [2.24, 2.45) is 5.92 Å². The van der Waals surface area contributed by atoms with Crippen LogP contribution < -0.4 is 15.5 Å². The van der Waals surface area contributed by atoms with Gasteiger partial charge in [-0.2, -0.15) is 0 Å². The van der Waals surface area contributed by atoms with Crippen LogP contribution in [0.5, 0.6) is 0 Å². The molecular formula is C23H30N6O3. The van der Waals surface area contributed by atoms with Crippen molar-refractivity contribution in [3.05, 3.63) is 48.3 Å². The molecule has 0 unspecified atom stereocenters. The van der Waals surface area contributed by atoms with Crippen molar-refractivity contribution in [1.82, 2.24) is 20.2 Å². The van der Waals surface area contributed by atoms with Gasteiger partial charge < -0.3 is 25.2 Å². The highest BCUT2D eigenvalue weighted by Crippen LogP contribution is 2.29. The first-order valence-electron chi connectivity index (χ1n) is 11.2. The van der Waals surface area contributed by atoms with Gasteiger partial charge in [0.1, 0.15) is 0 Å². The van der Waals surface area contributed by atoms with Crippen LogP contribution >= 0.6 is 0 Å². The minimum absolute atomic E-state index is 0.0359. The zero-order valence-electron chi connectivity index (χ0n) is 18.2. The monoisotopic (exact) mass is 438 g/mol. The number of rotatable bonds is 9. The molecule has 1 saturated heterocycles. The summed E-state index contributed by atoms with van der Waals surface area (Å²) in [6, 6.07) is 9.10. The van der Waals surface area contributed by atoms with Gasteiger partial charge in [0, 0.05) is 63.8 Å². The Kier molecular flexibility index (Phi) is 7.50. The average molecular weight is 439 g/mol. The molecule has 1 saturated carbocycles. The third kappa shape index (κ3) is 6.65. The fourth-order valence-corrected chi connectivity index (χ4v) is 3.59. The normalized spacial score (nSPS) is 16.0. The molecule has 0 bridgehead atoms. The van der Waals surface area contributed by atoms with Crippen LogP contribution in [0.2, 0.25) is 0 Å². The number of nitrogens with one attached hydrogen (secondary N) is 2. The van der Waals surface area contributed by atoms with E-state index in [0.717, 1.165) is 18.1 Å². The van der Waals surface area contributed by atoms with Crippen LogP contribution in [0.1, 0.15) is 24.8 Å². The number of carbonyl (C=O) groups is 2. The summed E-state index contributed by atoms with van der Waals surface area (Å²) in [5.74, 6) is 1.46. The highest BCUT2D eigenvalue weighted by Gasteiger charge is 2.22. The lowest BCUT2D eigenvalue weighted by molar-refractivity contribution is -0.131. The zero-order chi connectivity index (χ0) is 22.2. The summed E-state index contributed by atoms with van der Waals surface area (Å²) in [7, 11) is 0. The van der Waals surface area contributed by atoms with E-state index in [1.807, 2.05) is 29.2 Å². The van der Waals surface area contributed by atoms with Crippen LogP contribution in [0.4, 0.5) is 16.4 Å². The predicted molar refractivity (Wildman–Crippen MR) is 121 cm³/mol. The first-order valence-corrected chi connectivity index (χ1v) is 11.2. The third-order valence-corrected chi connectivity index (χ3v) is 5.60. The number of aromatic nitrogens is 2. The first-order chi connectivity index (χ1) is 15.7. The molecule has 2 N–H and O–H groups in total. The van der Waals surface area contributed by atoms with E-state index in [0.29, 0.717) is 44.4 Å². The number of benzene rings is 1. The van der Waals surface area contributed by atoms with E-state index >= 15 is 0 Å². The van der Waals surface area contributed by atoms with Crippen molar-refractivity contribution in [2.45, 2.75) is 25.9 Å². The van der Waals surface area contributed by atoms with Crippen molar-refractivity contribution in [2.75, 3.05) is 49.5 Å². The smallest absolute Gasteiger partial charge is 0.319 e. The largest absolute Gasteiger partial charge is 0.376 e. The second-order valence-corrected chi connectivity index (χ2v) is 8.21. The van der Waals surface area contributed by atoms with Gasteiger partial charge in [0.15, 0.2) is 0 Å².